The Morgan fingerprint density at radius 3 is 2.76 bits per heavy atom. The molecule has 0 saturated heterocycles. The first-order valence-electron chi connectivity index (χ1n) is 5.44. The van der Waals surface area contributed by atoms with E-state index in [9.17, 15) is 0 Å². The van der Waals surface area contributed by atoms with Crippen molar-refractivity contribution in [2.45, 2.75) is 6.42 Å². The van der Waals surface area contributed by atoms with Gasteiger partial charge in [-0.15, -0.1) is 11.3 Å². The molecule has 1 heterocycles. The van der Waals surface area contributed by atoms with Crippen LogP contribution in [0.2, 0.25) is 0 Å². The van der Waals surface area contributed by atoms with Crippen LogP contribution >= 0.6 is 45.7 Å². The summed E-state index contributed by atoms with van der Waals surface area (Å²) < 4.78 is 1.35. The minimum absolute atomic E-state index is 0.894. The number of rotatable bonds is 6. The van der Waals surface area contributed by atoms with Gasteiger partial charge in [-0.2, -0.15) is 11.8 Å². The molecule has 0 spiro atoms. The number of halogens is 1. The van der Waals surface area contributed by atoms with Crippen LogP contribution in [0.1, 0.15) is 4.88 Å². The molecule has 0 saturated carbocycles. The van der Waals surface area contributed by atoms with E-state index in [0.717, 1.165) is 31.2 Å². The van der Waals surface area contributed by atoms with E-state index in [1.807, 2.05) is 30.1 Å². The maximum absolute atomic E-state index is 4.18. The monoisotopic (exact) mass is 383 g/mol. The molecule has 3 nitrogen and oxygen atoms in total. The van der Waals surface area contributed by atoms with Gasteiger partial charge in [-0.05, 0) is 47.4 Å². The third-order valence-electron chi connectivity index (χ3n) is 2.11. The average Bonchev–Trinajstić information content (AvgIpc) is 2.73. The molecule has 0 amide bonds. The molecule has 0 radical (unpaired) electrons. The van der Waals surface area contributed by atoms with Gasteiger partial charge in [0.05, 0.1) is 2.88 Å². The maximum atomic E-state index is 4.18. The lowest BCUT2D eigenvalue weighted by atomic mass is 10.3. The van der Waals surface area contributed by atoms with Crippen LogP contribution < -0.4 is 10.6 Å². The van der Waals surface area contributed by atoms with Crippen molar-refractivity contribution in [1.29, 1.82) is 0 Å². The zero-order chi connectivity index (χ0) is 12.5. The highest BCUT2D eigenvalue weighted by atomic mass is 127. The molecule has 0 bridgehead atoms. The average molecular weight is 383 g/mol. The summed E-state index contributed by atoms with van der Waals surface area (Å²) in [4.78, 5) is 5.60. The predicted octanol–water partition coefficient (Wildman–Crippen LogP) is 2.42. The molecular weight excluding hydrogens is 365 g/mol. The fourth-order valence-electron chi connectivity index (χ4n) is 1.28. The second kappa shape index (κ2) is 9.04. The van der Waals surface area contributed by atoms with Crippen LogP contribution in [-0.4, -0.2) is 38.1 Å². The molecule has 0 aliphatic carbocycles. The second-order valence-electron chi connectivity index (χ2n) is 3.37. The van der Waals surface area contributed by atoms with Gasteiger partial charge in [0.25, 0.3) is 0 Å². The fraction of sp³-hybridized carbons (Fsp3) is 0.545. The smallest absolute Gasteiger partial charge is 0.191 e. The Hall–Kier alpha value is 0.0500. The molecule has 0 unspecified atom stereocenters. The number of hydrogen-bond acceptors (Lipinski definition) is 3. The zero-order valence-corrected chi connectivity index (χ0v) is 13.9. The molecule has 1 aromatic heterocycles. The van der Waals surface area contributed by atoms with Gasteiger partial charge in [0.2, 0.25) is 0 Å². The summed E-state index contributed by atoms with van der Waals surface area (Å²) in [5.41, 5.74) is 0. The van der Waals surface area contributed by atoms with Gasteiger partial charge in [0.15, 0.2) is 5.96 Å². The minimum Gasteiger partial charge on any atom is -0.356 e. The summed E-state index contributed by atoms with van der Waals surface area (Å²) >= 11 is 6.04. The maximum Gasteiger partial charge on any atom is 0.191 e. The van der Waals surface area contributed by atoms with E-state index in [0.29, 0.717) is 0 Å². The molecule has 0 aliphatic heterocycles. The Kier molecular flexibility index (Phi) is 8.04. The van der Waals surface area contributed by atoms with Crippen LogP contribution in [0.3, 0.4) is 0 Å². The topological polar surface area (TPSA) is 36.4 Å². The number of aliphatic imine (C=N–C) groups is 1. The van der Waals surface area contributed by atoms with Gasteiger partial charge in [-0.25, -0.2) is 0 Å². The number of thioether (sulfide) groups is 1. The highest BCUT2D eigenvalue weighted by Gasteiger charge is 1.99. The van der Waals surface area contributed by atoms with E-state index in [1.54, 1.807) is 0 Å². The van der Waals surface area contributed by atoms with Crippen LogP contribution in [0.4, 0.5) is 0 Å². The van der Waals surface area contributed by atoms with E-state index in [1.165, 1.54) is 7.76 Å². The van der Waals surface area contributed by atoms with Gasteiger partial charge >= 0.3 is 0 Å². The molecule has 96 valence electrons. The summed E-state index contributed by atoms with van der Waals surface area (Å²) in [7, 11) is 1.81. The van der Waals surface area contributed by atoms with Gasteiger partial charge in [-0.3, -0.25) is 4.99 Å². The number of nitrogens with one attached hydrogen (secondary N) is 2. The fourth-order valence-corrected chi connectivity index (χ4v) is 3.34. The highest BCUT2D eigenvalue weighted by molar-refractivity contribution is 14.1. The lowest BCUT2D eigenvalue weighted by molar-refractivity contribution is 0.818. The Labute approximate surface area is 125 Å². The molecule has 1 rings (SSSR count). The van der Waals surface area contributed by atoms with E-state index in [4.69, 9.17) is 0 Å². The number of nitrogens with zero attached hydrogens (tertiary/aromatic N) is 1. The Bertz CT molecular complexity index is 352. The predicted molar refractivity (Wildman–Crippen MR) is 88.5 cm³/mol. The first kappa shape index (κ1) is 15.1. The Morgan fingerprint density at radius 2 is 2.18 bits per heavy atom. The number of hydrogen-bond donors (Lipinski definition) is 2. The van der Waals surface area contributed by atoms with Crippen LogP contribution in [0.25, 0.3) is 0 Å². The number of thiophene rings is 1. The lowest BCUT2D eigenvalue weighted by Crippen LogP contribution is -2.39. The van der Waals surface area contributed by atoms with Gasteiger partial charge in [0, 0.05) is 30.8 Å². The van der Waals surface area contributed by atoms with Crippen molar-refractivity contribution in [2.75, 3.05) is 32.1 Å². The molecule has 0 atom stereocenters. The van der Waals surface area contributed by atoms with Crippen molar-refractivity contribution < 1.29 is 0 Å². The van der Waals surface area contributed by atoms with Gasteiger partial charge in [-0.1, -0.05) is 0 Å². The molecule has 0 fully saturated rings. The van der Waals surface area contributed by atoms with Crippen molar-refractivity contribution in [2.24, 2.45) is 4.99 Å². The third-order valence-corrected chi connectivity index (χ3v) is 4.68. The first-order chi connectivity index (χ1) is 8.26. The summed E-state index contributed by atoms with van der Waals surface area (Å²) in [5, 5.41) is 6.60. The Balaban J connectivity index is 2.19. The molecular formula is C11H18IN3S2. The van der Waals surface area contributed by atoms with Crippen LogP contribution in [0, 0.1) is 2.88 Å². The Morgan fingerprint density at radius 1 is 1.41 bits per heavy atom. The van der Waals surface area contributed by atoms with E-state index in [2.05, 4.69) is 56.6 Å². The third kappa shape index (κ3) is 6.52. The molecule has 1 aromatic rings. The standard InChI is InChI=1S/C11H18IN3S2/c1-13-11(15-7-8-16-2)14-6-5-9-3-4-10(12)17-9/h3-4H,5-8H2,1-2H3,(H2,13,14,15). The van der Waals surface area contributed by atoms with Crippen molar-refractivity contribution in [3.63, 3.8) is 0 Å². The van der Waals surface area contributed by atoms with E-state index >= 15 is 0 Å². The SMILES string of the molecule is CN=C(NCCSC)NCCc1ccc(I)s1. The van der Waals surface area contributed by atoms with Gasteiger partial charge < -0.3 is 10.6 Å². The van der Waals surface area contributed by atoms with Crippen LogP contribution in [0.5, 0.6) is 0 Å². The normalized spacial score (nSPS) is 11.6. The van der Waals surface area contributed by atoms with E-state index in [-0.39, 0.29) is 0 Å². The largest absolute Gasteiger partial charge is 0.356 e. The molecule has 6 heteroatoms. The van der Waals surface area contributed by atoms with Crippen molar-refractivity contribution in [3.8, 4) is 0 Å². The number of guanidine groups is 1. The lowest BCUT2D eigenvalue weighted by Gasteiger charge is -2.10. The van der Waals surface area contributed by atoms with Crippen molar-refractivity contribution in [1.82, 2.24) is 10.6 Å². The van der Waals surface area contributed by atoms with Crippen LogP contribution in [0.15, 0.2) is 17.1 Å². The highest BCUT2D eigenvalue weighted by Crippen LogP contribution is 2.18. The van der Waals surface area contributed by atoms with Crippen molar-refractivity contribution in [3.05, 3.63) is 19.9 Å². The van der Waals surface area contributed by atoms with E-state index < -0.39 is 0 Å². The summed E-state index contributed by atoms with van der Waals surface area (Å²) in [6.07, 6.45) is 3.16. The van der Waals surface area contributed by atoms with Crippen molar-refractivity contribution >= 4 is 51.6 Å². The second-order valence-corrected chi connectivity index (χ2v) is 7.42. The molecule has 0 aromatic carbocycles. The van der Waals surface area contributed by atoms with Crippen LogP contribution in [-0.2, 0) is 6.42 Å². The van der Waals surface area contributed by atoms with Gasteiger partial charge in [0.1, 0.15) is 0 Å². The summed E-state index contributed by atoms with van der Waals surface area (Å²) in [5.74, 6) is 1.99. The quantitative estimate of drug-likeness (QED) is 0.343. The zero-order valence-electron chi connectivity index (χ0n) is 10.1. The summed E-state index contributed by atoms with van der Waals surface area (Å²) in [6, 6.07) is 4.35. The first-order valence-corrected chi connectivity index (χ1v) is 8.73. The molecule has 17 heavy (non-hydrogen) atoms. The minimum atomic E-state index is 0.894. The summed E-state index contributed by atoms with van der Waals surface area (Å²) in [6.45, 7) is 1.88. The molecule has 2 N–H and O–H groups in total. The molecule has 0 aliphatic rings.